The average molecular weight is 515 g/mol. The van der Waals surface area contributed by atoms with Crippen LogP contribution >= 0.6 is 0 Å². The van der Waals surface area contributed by atoms with Crippen LogP contribution in [0.2, 0.25) is 0 Å². The van der Waals surface area contributed by atoms with Gasteiger partial charge in [-0.25, -0.2) is 9.59 Å². The summed E-state index contributed by atoms with van der Waals surface area (Å²) in [5.41, 5.74) is 13.5. The lowest BCUT2D eigenvalue weighted by Crippen LogP contribution is -2.47. The van der Waals surface area contributed by atoms with Gasteiger partial charge in [0.1, 0.15) is 11.4 Å². The summed E-state index contributed by atoms with van der Waals surface area (Å²) >= 11 is 0. The number of hydrogen-bond donors (Lipinski definition) is 5. The van der Waals surface area contributed by atoms with E-state index in [1.807, 2.05) is 0 Å². The third kappa shape index (κ3) is 6.41. The molecule has 2 aromatic carbocycles. The Morgan fingerprint density at radius 2 is 1.54 bits per heavy atom. The third-order valence-corrected chi connectivity index (χ3v) is 7.56. The Morgan fingerprint density at radius 3 is 2.05 bits per heavy atom. The van der Waals surface area contributed by atoms with Gasteiger partial charge in [0.05, 0.1) is 0 Å². The maximum atomic E-state index is 9.77. The fourth-order valence-corrected chi connectivity index (χ4v) is 5.20. The molecule has 2 aliphatic rings. The zero-order valence-corrected chi connectivity index (χ0v) is 21.9. The predicted molar refractivity (Wildman–Crippen MR) is 140 cm³/mol. The summed E-state index contributed by atoms with van der Waals surface area (Å²) in [4.78, 5) is 22.1. The summed E-state index contributed by atoms with van der Waals surface area (Å²) in [6.07, 6.45) is -1.11. The van der Waals surface area contributed by atoms with Crippen LogP contribution in [0.5, 0.6) is 5.75 Å². The normalized spacial score (nSPS) is 21.2. The number of aliphatic hydroxyl groups excluding tert-OH is 2. The van der Waals surface area contributed by atoms with Crippen LogP contribution < -0.4 is 10.5 Å². The number of fused-ring (bicyclic) bond motifs is 1. The number of anilines is 1. The highest BCUT2D eigenvalue weighted by molar-refractivity contribution is 5.83. The molecule has 9 heteroatoms. The van der Waals surface area contributed by atoms with E-state index in [0.29, 0.717) is 5.92 Å². The first-order valence-corrected chi connectivity index (χ1v) is 12.5. The average Bonchev–Trinajstić information content (AvgIpc) is 3.23. The lowest BCUT2D eigenvalue weighted by molar-refractivity contribution is -0.165. The SMILES string of the molecule is Cc1c(C)c2c(c(C)c1N)C[C@@](C)(CN1CCC(c3ccccc3)CC1)O2.O=C(O)[C@H](O)[C@@H](O)C(=O)O. The second-order valence-electron chi connectivity index (χ2n) is 10.4. The molecule has 0 radical (unpaired) electrons. The summed E-state index contributed by atoms with van der Waals surface area (Å²) in [6, 6.07) is 11.0. The highest BCUT2D eigenvalue weighted by atomic mass is 16.5. The highest BCUT2D eigenvalue weighted by Crippen LogP contribution is 2.44. The van der Waals surface area contributed by atoms with Crippen molar-refractivity contribution in [3.8, 4) is 5.75 Å². The lowest BCUT2D eigenvalue weighted by atomic mass is 9.88. The summed E-state index contributed by atoms with van der Waals surface area (Å²) < 4.78 is 6.56. The van der Waals surface area contributed by atoms with Crippen LogP contribution in [0.4, 0.5) is 5.69 Å². The van der Waals surface area contributed by atoms with E-state index in [4.69, 9.17) is 30.9 Å². The van der Waals surface area contributed by atoms with Crippen molar-refractivity contribution >= 4 is 17.6 Å². The van der Waals surface area contributed by atoms with Gasteiger partial charge in [0.15, 0.2) is 12.2 Å². The molecule has 9 nitrogen and oxygen atoms in total. The number of rotatable bonds is 6. The van der Waals surface area contributed by atoms with Gasteiger partial charge >= 0.3 is 11.9 Å². The summed E-state index contributed by atoms with van der Waals surface area (Å²) in [6.45, 7) is 11.9. The smallest absolute Gasteiger partial charge is 0.335 e. The van der Waals surface area contributed by atoms with Crippen molar-refractivity contribution < 1.29 is 34.8 Å². The molecule has 2 aliphatic heterocycles. The monoisotopic (exact) mass is 514 g/mol. The lowest BCUT2D eigenvalue weighted by Gasteiger charge is -2.37. The van der Waals surface area contributed by atoms with Crippen molar-refractivity contribution in [3.63, 3.8) is 0 Å². The van der Waals surface area contributed by atoms with Gasteiger partial charge in [-0.15, -0.1) is 0 Å². The molecule has 1 saturated heterocycles. The Morgan fingerprint density at radius 1 is 1.00 bits per heavy atom. The highest BCUT2D eigenvalue weighted by Gasteiger charge is 2.40. The van der Waals surface area contributed by atoms with Gasteiger partial charge in [0.25, 0.3) is 0 Å². The molecule has 0 aliphatic carbocycles. The molecule has 0 saturated carbocycles. The molecule has 202 valence electrons. The summed E-state index contributed by atoms with van der Waals surface area (Å²) in [5, 5.41) is 32.5. The van der Waals surface area contributed by atoms with Crippen molar-refractivity contribution in [1.82, 2.24) is 4.90 Å². The van der Waals surface area contributed by atoms with Crippen molar-refractivity contribution in [2.45, 2.75) is 70.7 Å². The standard InChI is InChI=1S/C24H32N2O.C4H6O6/c1-16-17(2)23-21(18(3)22(16)25)14-24(4,27-23)15-26-12-10-20(11-13-26)19-8-6-5-7-9-19;5-1(3(7)8)2(6)4(9)10/h5-9,20H,10-15,25H2,1-4H3;1-2,5-6H,(H,7,8)(H,9,10)/t24-;1-,2-/m01/s1. The number of aliphatic carboxylic acids is 2. The van der Waals surface area contributed by atoms with Crippen LogP contribution in [-0.4, -0.2) is 74.7 Å². The van der Waals surface area contributed by atoms with Crippen LogP contribution in [-0.2, 0) is 16.0 Å². The van der Waals surface area contributed by atoms with E-state index in [1.165, 1.54) is 40.7 Å². The molecule has 37 heavy (non-hydrogen) atoms. The number of hydrogen-bond acceptors (Lipinski definition) is 7. The van der Waals surface area contributed by atoms with Gasteiger partial charge in [-0.1, -0.05) is 30.3 Å². The van der Waals surface area contributed by atoms with E-state index >= 15 is 0 Å². The molecule has 0 spiro atoms. The van der Waals surface area contributed by atoms with Crippen LogP contribution in [0.15, 0.2) is 30.3 Å². The van der Waals surface area contributed by atoms with Crippen LogP contribution in [0.3, 0.4) is 0 Å². The number of carboxylic acid groups (broad SMARTS) is 2. The summed E-state index contributed by atoms with van der Waals surface area (Å²) in [7, 11) is 0. The molecular weight excluding hydrogens is 476 g/mol. The molecule has 2 heterocycles. The van der Waals surface area contributed by atoms with Crippen molar-refractivity contribution in [3.05, 3.63) is 58.1 Å². The number of nitrogen functional groups attached to an aromatic ring is 1. The van der Waals surface area contributed by atoms with E-state index in [1.54, 1.807) is 0 Å². The minimum Gasteiger partial charge on any atom is -0.485 e. The maximum Gasteiger partial charge on any atom is 0.335 e. The van der Waals surface area contributed by atoms with Crippen LogP contribution in [0, 0.1) is 20.8 Å². The molecule has 6 N–H and O–H groups in total. The number of aliphatic hydroxyl groups is 2. The topological polar surface area (TPSA) is 154 Å². The fraction of sp³-hybridized carbons (Fsp3) is 0.500. The first-order chi connectivity index (χ1) is 17.3. The number of piperidine rings is 1. The van der Waals surface area contributed by atoms with Crippen molar-refractivity contribution in [2.75, 3.05) is 25.4 Å². The van der Waals surface area contributed by atoms with Crippen LogP contribution in [0.1, 0.15) is 53.5 Å². The largest absolute Gasteiger partial charge is 0.485 e. The Hall–Kier alpha value is -3.14. The van der Waals surface area contributed by atoms with E-state index in [2.05, 4.69) is 62.9 Å². The number of nitrogens with zero attached hydrogens (tertiary/aromatic N) is 1. The van der Waals surface area contributed by atoms with Gasteiger partial charge in [0, 0.05) is 24.2 Å². The first-order valence-electron chi connectivity index (χ1n) is 12.5. The third-order valence-electron chi connectivity index (χ3n) is 7.56. The predicted octanol–water partition coefficient (Wildman–Crippen LogP) is 2.64. The maximum absolute atomic E-state index is 9.77. The van der Waals surface area contributed by atoms with Crippen LogP contribution in [0.25, 0.3) is 0 Å². The van der Waals surface area contributed by atoms with Gasteiger partial charge in [-0.2, -0.15) is 0 Å². The van der Waals surface area contributed by atoms with Gasteiger partial charge < -0.3 is 30.9 Å². The number of likely N-dealkylation sites (tertiary alicyclic amines) is 1. The van der Waals surface area contributed by atoms with Gasteiger partial charge in [-0.3, -0.25) is 4.90 Å². The van der Waals surface area contributed by atoms with Gasteiger partial charge in [-0.05, 0) is 81.8 Å². The van der Waals surface area contributed by atoms with Gasteiger partial charge in [0.2, 0.25) is 0 Å². The molecule has 2 aromatic rings. The number of nitrogens with two attached hydrogens (primary N) is 1. The Kier molecular flexibility index (Phi) is 8.84. The fourth-order valence-electron chi connectivity index (χ4n) is 5.20. The zero-order chi connectivity index (χ0) is 27.5. The van der Waals surface area contributed by atoms with E-state index < -0.39 is 24.1 Å². The van der Waals surface area contributed by atoms with E-state index in [9.17, 15) is 9.59 Å². The number of benzene rings is 2. The molecule has 0 unspecified atom stereocenters. The molecular formula is C28H38N2O7. The molecule has 4 rings (SSSR count). The minimum absolute atomic E-state index is 0.155. The van der Waals surface area contributed by atoms with Crippen molar-refractivity contribution in [1.29, 1.82) is 0 Å². The zero-order valence-electron chi connectivity index (χ0n) is 21.9. The molecule has 0 amide bonds. The Bertz CT molecular complexity index is 1070. The second-order valence-corrected chi connectivity index (χ2v) is 10.4. The number of carboxylic acids is 2. The van der Waals surface area contributed by atoms with E-state index in [0.717, 1.165) is 37.5 Å². The second kappa shape index (κ2) is 11.5. The van der Waals surface area contributed by atoms with Crippen molar-refractivity contribution in [2.24, 2.45) is 0 Å². The first kappa shape index (κ1) is 28.4. The number of carbonyl (C=O) groups is 2. The molecule has 3 atom stereocenters. The Labute approximate surface area is 217 Å². The quantitative estimate of drug-likeness (QED) is 0.366. The summed E-state index contributed by atoms with van der Waals surface area (Å²) in [5.74, 6) is -1.76. The molecule has 1 fully saturated rings. The molecule has 0 bridgehead atoms. The minimum atomic E-state index is -2.27. The van der Waals surface area contributed by atoms with E-state index in [-0.39, 0.29) is 5.60 Å². The molecule has 0 aromatic heterocycles. The Balaban J connectivity index is 0.000000325. The number of ether oxygens (including phenoxy) is 1.